The Morgan fingerprint density at radius 1 is 1.45 bits per heavy atom. The number of rotatable bonds is 3. The Hall–Kier alpha value is -2.09. The first-order valence-corrected chi connectivity index (χ1v) is 7.70. The van der Waals surface area contributed by atoms with Crippen molar-refractivity contribution in [2.45, 2.75) is 24.4 Å². The van der Waals surface area contributed by atoms with E-state index in [2.05, 4.69) is 9.82 Å². The van der Waals surface area contributed by atoms with Gasteiger partial charge in [-0.05, 0) is 25.0 Å². The fraction of sp³-hybridized carbons (Fsp3) is 0.333. The van der Waals surface area contributed by atoms with E-state index in [0.29, 0.717) is 5.56 Å². The molecule has 0 aliphatic carbocycles. The summed E-state index contributed by atoms with van der Waals surface area (Å²) < 4.78 is 29.6. The Balaban J connectivity index is 1.88. The van der Waals surface area contributed by atoms with Crippen LogP contribution in [0.2, 0.25) is 0 Å². The number of sulfonamides is 1. The standard InChI is InChI=1S/C12H14N4O3S/c1-15-6-3-5-11(15)20(18,19)14-12(17)9-8-13-16-7-2-4-10(9)16/h3,5-6,8H,2,4,7H2,1H3,(H,14,17). The van der Waals surface area contributed by atoms with Crippen LogP contribution < -0.4 is 4.72 Å². The summed E-state index contributed by atoms with van der Waals surface area (Å²) in [6, 6.07) is 3.05. The van der Waals surface area contributed by atoms with Crippen molar-refractivity contribution in [1.29, 1.82) is 0 Å². The third-order valence-corrected chi connectivity index (χ3v) is 4.80. The van der Waals surface area contributed by atoms with Gasteiger partial charge in [-0.2, -0.15) is 13.5 Å². The van der Waals surface area contributed by atoms with Crippen molar-refractivity contribution < 1.29 is 13.2 Å². The van der Waals surface area contributed by atoms with Crippen LogP contribution in [0.4, 0.5) is 0 Å². The van der Waals surface area contributed by atoms with E-state index in [-0.39, 0.29) is 5.03 Å². The zero-order valence-electron chi connectivity index (χ0n) is 10.9. The first-order chi connectivity index (χ1) is 9.49. The van der Waals surface area contributed by atoms with Gasteiger partial charge >= 0.3 is 0 Å². The van der Waals surface area contributed by atoms with Crippen molar-refractivity contribution in [3.05, 3.63) is 35.8 Å². The summed E-state index contributed by atoms with van der Waals surface area (Å²) in [5, 5.41) is 4.13. The van der Waals surface area contributed by atoms with Crippen LogP contribution in [0.3, 0.4) is 0 Å². The SMILES string of the molecule is Cn1cccc1S(=O)(=O)NC(=O)c1cnn2c1CCC2. The molecule has 1 aliphatic rings. The summed E-state index contributed by atoms with van der Waals surface area (Å²) >= 11 is 0. The third kappa shape index (κ3) is 2.01. The Kier molecular flexibility index (Phi) is 2.89. The van der Waals surface area contributed by atoms with E-state index in [1.54, 1.807) is 24.0 Å². The highest BCUT2D eigenvalue weighted by atomic mass is 32.2. The van der Waals surface area contributed by atoms with Crippen LogP contribution in [0, 0.1) is 0 Å². The highest BCUT2D eigenvalue weighted by molar-refractivity contribution is 7.90. The Labute approximate surface area is 116 Å². The molecule has 0 atom stereocenters. The number of nitrogens with zero attached hydrogens (tertiary/aromatic N) is 3. The normalized spacial score (nSPS) is 14.2. The number of hydrogen-bond acceptors (Lipinski definition) is 4. The van der Waals surface area contributed by atoms with Gasteiger partial charge in [0.05, 0.1) is 17.5 Å². The maximum atomic E-state index is 12.1. The maximum Gasteiger partial charge on any atom is 0.279 e. The first-order valence-electron chi connectivity index (χ1n) is 6.22. The monoisotopic (exact) mass is 294 g/mol. The van der Waals surface area contributed by atoms with Gasteiger partial charge in [-0.3, -0.25) is 9.48 Å². The summed E-state index contributed by atoms with van der Waals surface area (Å²) in [7, 11) is -2.26. The van der Waals surface area contributed by atoms with Gasteiger partial charge < -0.3 is 4.57 Å². The molecule has 20 heavy (non-hydrogen) atoms. The second kappa shape index (κ2) is 4.48. The Bertz CT molecular complexity index is 772. The fourth-order valence-corrected chi connectivity index (χ4v) is 3.56. The molecule has 3 heterocycles. The van der Waals surface area contributed by atoms with Crippen LogP contribution in [0.25, 0.3) is 0 Å². The van der Waals surface area contributed by atoms with Crippen molar-refractivity contribution in [2.75, 3.05) is 0 Å². The fourth-order valence-electron chi connectivity index (χ4n) is 2.41. The van der Waals surface area contributed by atoms with E-state index in [4.69, 9.17) is 0 Å². The van der Waals surface area contributed by atoms with Crippen LogP contribution in [-0.2, 0) is 30.0 Å². The molecule has 7 nitrogen and oxygen atoms in total. The molecule has 106 valence electrons. The van der Waals surface area contributed by atoms with E-state index in [1.165, 1.54) is 16.8 Å². The molecular formula is C12H14N4O3S. The number of aromatic nitrogens is 3. The molecule has 0 spiro atoms. The van der Waals surface area contributed by atoms with Gasteiger partial charge in [-0.25, -0.2) is 4.72 Å². The van der Waals surface area contributed by atoms with Gasteiger partial charge in [-0.15, -0.1) is 0 Å². The van der Waals surface area contributed by atoms with Gasteiger partial charge in [0.25, 0.3) is 15.9 Å². The van der Waals surface area contributed by atoms with E-state index in [9.17, 15) is 13.2 Å². The zero-order valence-corrected chi connectivity index (χ0v) is 11.7. The molecule has 0 aromatic carbocycles. The smallest absolute Gasteiger partial charge is 0.279 e. The maximum absolute atomic E-state index is 12.1. The zero-order chi connectivity index (χ0) is 14.3. The molecule has 2 aromatic rings. The molecule has 0 unspecified atom stereocenters. The Morgan fingerprint density at radius 2 is 2.25 bits per heavy atom. The highest BCUT2D eigenvalue weighted by Gasteiger charge is 2.26. The molecule has 0 saturated carbocycles. The van der Waals surface area contributed by atoms with Crippen molar-refractivity contribution >= 4 is 15.9 Å². The summed E-state index contributed by atoms with van der Waals surface area (Å²) in [6.07, 6.45) is 4.70. The molecule has 8 heteroatoms. The van der Waals surface area contributed by atoms with Crippen LogP contribution in [-0.4, -0.2) is 28.7 Å². The van der Waals surface area contributed by atoms with Crippen molar-refractivity contribution in [3.63, 3.8) is 0 Å². The predicted octanol–water partition coefficient (Wildman–Crippen LogP) is 0.286. The summed E-state index contributed by atoms with van der Waals surface area (Å²) in [5.74, 6) is -0.630. The second-order valence-corrected chi connectivity index (χ2v) is 6.35. The summed E-state index contributed by atoms with van der Waals surface area (Å²) in [4.78, 5) is 12.1. The molecule has 0 fully saturated rings. The van der Waals surface area contributed by atoms with Gasteiger partial charge in [-0.1, -0.05) is 0 Å². The number of hydrogen-bond donors (Lipinski definition) is 1. The Morgan fingerprint density at radius 3 is 2.95 bits per heavy atom. The largest absolute Gasteiger partial charge is 0.340 e. The average molecular weight is 294 g/mol. The van der Waals surface area contributed by atoms with Gasteiger partial charge in [0.2, 0.25) is 0 Å². The number of fused-ring (bicyclic) bond motifs is 1. The highest BCUT2D eigenvalue weighted by Crippen LogP contribution is 2.18. The number of nitrogens with one attached hydrogen (secondary N) is 1. The van der Waals surface area contributed by atoms with Crippen molar-refractivity contribution in [2.24, 2.45) is 7.05 Å². The van der Waals surface area contributed by atoms with E-state index >= 15 is 0 Å². The second-order valence-electron chi connectivity index (χ2n) is 4.72. The lowest BCUT2D eigenvalue weighted by Gasteiger charge is -2.07. The lowest BCUT2D eigenvalue weighted by atomic mass is 10.2. The lowest BCUT2D eigenvalue weighted by molar-refractivity contribution is 0.0980. The molecule has 0 saturated heterocycles. The van der Waals surface area contributed by atoms with Crippen molar-refractivity contribution in [3.8, 4) is 0 Å². The predicted molar refractivity (Wildman–Crippen MR) is 70.6 cm³/mol. The van der Waals surface area contributed by atoms with E-state index in [0.717, 1.165) is 25.1 Å². The van der Waals surface area contributed by atoms with Crippen LogP contribution >= 0.6 is 0 Å². The minimum absolute atomic E-state index is 0.0506. The summed E-state index contributed by atoms with van der Waals surface area (Å²) in [6.45, 7) is 0.771. The average Bonchev–Trinajstić information content (AvgIpc) is 3.01. The van der Waals surface area contributed by atoms with Crippen LogP contribution in [0.1, 0.15) is 22.5 Å². The lowest BCUT2D eigenvalue weighted by Crippen LogP contribution is -2.32. The first kappa shape index (κ1) is 12.9. The molecule has 1 N–H and O–H groups in total. The van der Waals surface area contributed by atoms with E-state index in [1.807, 2.05) is 0 Å². The quantitative estimate of drug-likeness (QED) is 0.881. The van der Waals surface area contributed by atoms with Gasteiger partial charge in [0.1, 0.15) is 0 Å². The number of carbonyl (C=O) groups is 1. The molecule has 0 radical (unpaired) electrons. The van der Waals surface area contributed by atoms with E-state index < -0.39 is 15.9 Å². The molecular weight excluding hydrogens is 280 g/mol. The summed E-state index contributed by atoms with van der Waals surface area (Å²) in [5.41, 5.74) is 1.13. The molecule has 1 aliphatic heterocycles. The van der Waals surface area contributed by atoms with Crippen LogP contribution in [0.15, 0.2) is 29.6 Å². The van der Waals surface area contributed by atoms with Gasteiger partial charge in [0.15, 0.2) is 5.03 Å². The molecule has 2 aromatic heterocycles. The third-order valence-electron chi connectivity index (χ3n) is 3.38. The molecule has 3 rings (SSSR count). The number of carbonyl (C=O) groups excluding carboxylic acids is 1. The minimum atomic E-state index is -3.86. The van der Waals surface area contributed by atoms with Crippen LogP contribution in [0.5, 0.6) is 0 Å². The van der Waals surface area contributed by atoms with Gasteiger partial charge in [0, 0.05) is 19.8 Å². The number of aryl methyl sites for hydroxylation is 2. The molecule has 0 bridgehead atoms. The minimum Gasteiger partial charge on any atom is -0.340 e. The molecule has 1 amide bonds. The topological polar surface area (TPSA) is 86.0 Å². The van der Waals surface area contributed by atoms with Crippen molar-refractivity contribution in [1.82, 2.24) is 19.1 Å². The number of amides is 1.